The van der Waals surface area contributed by atoms with Gasteiger partial charge in [-0.05, 0) is 19.2 Å². The Labute approximate surface area is 189 Å². The fourth-order valence-corrected chi connectivity index (χ4v) is 4.73. The van der Waals surface area contributed by atoms with E-state index in [0.29, 0.717) is 34.2 Å². The van der Waals surface area contributed by atoms with Gasteiger partial charge < -0.3 is 14.5 Å². The van der Waals surface area contributed by atoms with Gasteiger partial charge in [-0.15, -0.1) is 11.3 Å². The summed E-state index contributed by atoms with van der Waals surface area (Å²) in [5.41, 5.74) is 2.50. The van der Waals surface area contributed by atoms with E-state index in [1.807, 2.05) is 54.9 Å². The van der Waals surface area contributed by atoms with Gasteiger partial charge in [0.15, 0.2) is 0 Å². The van der Waals surface area contributed by atoms with Crippen LogP contribution in [0.3, 0.4) is 0 Å². The van der Waals surface area contributed by atoms with Gasteiger partial charge in [0.05, 0.1) is 26.2 Å². The Kier molecular flexibility index (Phi) is 6.27. The maximum Gasteiger partial charge on any atom is 0.260 e. The van der Waals surface area contributed by atoms with Gasteiger partial charge >= 0.3 is 0 Å². The van der Waals surface area contributed by atoms with Crippen molar-refractivity contribution < 1.29 is 9.47 Å². The number of halogens is 1. The lowest BCUT2D eigenvalue weighted by Gasteiger charge is -2.18. The average Bonchev–Trinajstić information content (AvgIpc) is 3.18. The van der Waals surface area contributed by atoms with E-state index in [2.05, 4.69) is 9.88 Å². The molecule has 2 aromatic heterocycles. The monoisotopic (exact) mass is 455 g/mol. The van der Waals surface area contributed by atoms with Crippen molar-refractivity contribution in [3.8, 4) is 22.6 Å². The third-order valence-electron chi connectivity index (χ3n) is 5.01. The van der Waals surface area contributed by atoms with Crippen molar-refractivity contribution in [1.29, 1.82) is 0 Å². The Bertz CT molecular complexity index is 1280. The minimum Gasteiger partial charge on any atom is -0.497 e. The summed E-state index contributed by atoms with van der Waals surface area (Å²) in [6, 6.07) is 13.2. The zero-order valence-electron chi connectivity index (χ0n) is 17.4. The molecule has 0 radical (unpaired) electrons. The second kappa shape index (κ2) is 9.09. The zero-order valence-corrected chi connectivity index (χ0v) is 19.0. The fourth-order valence-electron chi connectivity index (χ4n) is 3.53. The van der Waals surface area contributed by atoms with Crippen LogP contribution < -0.4 is 15.0 Å². The molecule has 0 spiro atoms. The van der Waals surface area contributed by atoms with Crippen LogP contribution in [0.25, 0.3) is 21.3 Å². The topological polar surface area (TPSA) is 67.5 Å². The molecule has 0 fully saturated rings. The molecule has 0 atom stereocenters. The molecule has 8 heteroatoms. The molecule has 0 aliphatic carbocycles. The molecule has 4 rings (SSSR count). The molecular formula is C23H22ClN3O3S. The maximum absolute atomic E-state index is 12.9. The number of rotatable bonds is 7. The summed E-state index contributed by atoms with van der Waals surface area (Å²) in [5.74, 6) is 2.11. The van der Waals surface area contributed by atoms with E-state index in [-0.39, 0.29) is 5.56 Å². The van der Waals surface area contributed by atoms with Crippen molar-refractivity contribution >= 4 is 33.2 Å². The van der Waals surface area contributed by atoms with Crippen LogP contribution in [0.1, 0.15) is 11.4 Å². The summed E-state index contributed by atoms with van der Waals surface area (Å²) in [6.45, 7) is 1.11. The molecule has 0 bridgehead atoms. The Balaban J connectivity index is 1.59. The third kappa shape index (κ3) is 4.44. The zero-order chi connectivity index (χ0) is 22.0. The van der Waals surface area contributed by atoms with Gasteiger partial charge in [-0.1, -0.05) is 35.9 Å². The maximum atomic E-state index is 12.9. The van der Waals surface area contributed by atoms with Crippen LogP contribution in [0.15, 0.2) is 52.6 Å². The van der Waals surface area contributed by atoms with Gasteiger partial charge in [-0.3, -0.25) is 9.69 Å². The quantitative estimate of drug-likeness (QED) is 0.427. The minimum atomic E-state index is -0.161. The molecule has 2 heterocycles. The lowest BCUT2D eigenvalue weighted by Crippen LogP contribution is -2.22. The highest BCUT2D eigenvalue weighted by atomic mass is 35.5. The SMILES string of the molecule is COc1ccc(CN(C)Cc2nc3scc(-c4ccccc4Cl)c3c(=O)[nH]2)c(OC)c1. The van der Waals surface area contributed by atoms with Crippen molar-refractivity contribution in [2.45, 2.75) is 13.1 Å². The predicted octanol–water partition coefficient (Wildman–Crippen LogP) is 4.95. The van der Waals surface area contributed by atoms with Crippen LogP contribution in [0.2, 0.25) is 5.02 Å². The number of hydrogen-bond acceptors (Lipinski definition) is 6. The summed E-state index contributed by atoms with van der Waals surface area (Å²) >= 11 is 7.78. The first-order chi connectivity index (χ1) is 15.0. The molecule has 1 N–H and O–H groups in total. The highest BCUT2D eigenvalue weighted by Gasteiger charge is 2.16. The largest absolute Gasteiger partial charge is 0.497 e. The van der Waals surface area contributed by atoms with Gasteiger partial charge in [0.25, 0.3) is 5.56 Å². The molecule has 0 saturated carbocycles. The van der Waals surface area contributed by atoms with Crippen molar-refractivity contribution in [3.05, 3.63) is 74.6 Å². The fraction of sp³-hybridized carbons (Fsp3) is 0.217. The molecule has 0 unspecified atom stereocenters. The number of H-pyrrole nitrogens is 1. The number of thiophene rings is 1. The lowest BCUT2D eigenvalue weighted by atomic mass is 10.1. The first kappa shape index (κ1) is 21.4. The van der Waals surface area contributed by atoms with Gasteiger partial charge in [0, 0.05) is 39.7 Å². The van der Waals surface area contributed by atoms with E-state index in [4.69, 9.17) is 26.1 Å². The Morgan fingerprint density at radius 2 is 1.90 bits per heavy atom. The second-order valence-electron chi connectivity index (χ2n) is 7.17. The number of methoxy groups -OCH3 is 2. The van der Waals surface area contributed by atoms with Gasteiger partial charge in [0.1, 0.15) is 22.2 Å². The van der Waals surface area contributed by atoms with Gasteiger partial charge in [-0.25, -0.2) is 4.98 Å². The van der Waals surface area contributed by atoms with Crippen molar-refractivity contribution in [2.24, 2.45) is 0 Å². The summed E-state index contributed by atoms with van der Waals surface area (Å²) in [4.78, 5) is 23.3. The summed E-state index contributed by atoms with van der Waals surface area (Å²) < 4.78 is 10.7. The number of ether oxygens (including phenoxy) is 2. The van der Waals surface area contributed by atoms with Crippen molar-refractivity contribution in [1.82, 2.24) is 14.9 Å². The van der Waals surface area contributed by atoms with E-state index in [0.717, 1.165) is 28.2 Å². The molecule has 31 heavy (non-hydrogen) atoms. The van der Waals surface area contributed by atoms with Crippen molar-refractivity contribution in [3.63, 3.8) is 0 Å². The van der Waals surface area contributed by atoms with E-state index in [1.165, 1.54) is 11.3 Å². The van der Waals surface area contributed by atoms with Crippen LogP contribution >= 0.6 is 22.9 Å². The molecule has 2 aromatic carbocycles. The highest BCUT2D eigenvalue weighted by Crippen LogP contribution is 2.35. The first-order valence-corrected chi connectivity index (χ1v) is 10.9. The van der Waals surface area contributed by atoms with Crippen LogP contribution in [0, 0.1) is 0 Å². The normalized spacial score (nSPS) is 11.3. The van der Waals surface area contributed by atoms with Crippen LogP contribution in [-0.2, 0) is 13.1 Å². The Hall–Kier alpha value is -2.87. The second-order valence-corrected chi connectivity index (χ2v) is 8.44. The summed E-state index contributed by atoms with van der Waals surface area (Å²) in [6.07, 6.45) is 0. The van der Waals surface area contributed by atoms with Crippen LogP contribution in [0.4, 0.5) is 0 Å². The Morgan fingerprint density at radius 3 is 2.65 bits per heavy atom. The van der Waals surface area contributed by atoms with E-state index in [9.17, 15) is 4.79 Å². The first-order valence-electron chi connectivity index (χ1n) is 9.65. The number of aromatic nitrogens is 2. The average molecular weight is 456 g/mol. The number of nitrogens with one attached hydrogen (secondary N) is 1. The molecule has 160 valence electrons. The predicted molar refractivity (Wildman–Crippen MR) is 125 cm³/mol. The highest BCUT2D eigenvalue weighted by molar-refractivity contribution is 7.17. The lowest BCUT2D eigenvalue weighted by molar-refractivity contribution is 0.302. The molecule has 6 nitrogen and oxygen atoms in total. The van der Waals surface area contributed by atoms with Gasteiger partial charge in [0.2, 0.25) is 0 Å². The summed E-state index contributed by atoms with van der Waals surface area (Å²) in [7, 11) is 5.23. The van der Waals surface area contributed by atoms with Crippen molar-refractivity contribution in [2.75, 3.05) is 21.3 Å². The molecule has 0 aliphatic heterocycles. The number of fused-ring (bicyclic) bond motifs is 1. The number of hydrogen-bond donors (Lipinski definition) is 1. The molecular weight excluding hydrogens is 434 g/mol. The van der Waals surface area contributed by atoms with Crippen LogP contribution in [-0.4, -0.2) is 36.1 Å². The van der Waals surface area contributed by atoms with Crippen LogP contribution in [0.5, 0.6) is 11.5 Å². The molecule has 0 saturated heterocycles. The molecule has 0 amide bonds. The smallest absolute Gasteiger partial charge is 0.260 e. The van der Waals surface area contributed by atoms with Gasteiger partial charge in [-0.2, -0.15) is 0 Å². The number of aromatic amines is 1. The van der Waals surface area contributed by atoms with E-state index in [1.54, 1.807) is 14.2 Å². The standard InChI is InChI=1S/C23H22ClN3O3S/c1-27(11-14-8-9-15(29-2)10-19(14)30-3)12-20-25-22(28)21-17(13-31-23(21)26-20)16-6-4-5-7-18(16)24/h4-10,13H,11-12H2,1-3H3,(H,25,26,28). The molecule has 4 aromatic rings. The molecule has 0 aliphatic rings. The minimum absolute atomic E-state index is 0.161. The number of benzene rings is 2. The number of nitrogens with zero attached hydrogens (tertiary/aromatic N) is 2. The Morgan fingerprint density at radius 1 is 1.10 bits per heavy atom. The third-order valence-corrected chi connectivity index (χ3v) is 6.21. The van der Waals surface area contributed by atoms with E-state index >= 15 is 0 Å². The van der Waals surface area contributed by atoms with E-state index < -0.39 is 0 Å². The summed E-state index contributed by atoms with van der Waals surface area (Å²) in [5, 5.41) is 3.12.